The lowest BCUT2D eigenvalue weighted by atomic mass is 10.1. The van der Waals surface area contributed by atoms with E-state index in [2.05, 4.69) is 36.8 Å². The molecule has 0 unspecified atom stereocenters. The fourth-order valence-electron chi connectivity index (χ4n) is 3.86. The van der Waals surface area contributed by atoms with Crippen LogP contribution < -0.4 is 10.6 Å². The number of rotatable bonds is 12. The summed E-state index contributed by atoms with van der Waals surface area (Å²) in [5, 5.41) is 14.0. The zero-order chi connectivity index (χ0) is 31.1. The highest BCUT2D eigenvalue weighted by Gasteiger charge is 2.29. The number of carbonyl (C=O) groups excluding carboxylic acids is 4. The highest BCUT2D eigenvalue weighted by atomic mass is 79.9. The second-order valence-corrected chi connectivity index (χ2v) is 12.1. The maximum absolute atomic E-state index is 13.4. The molecule has 15 heteroatoms. The van der Waals surface area contributed by atoms with Crippen LogP contribution in [0, 0.1) is 6.92 Å². The standard InChI is InChI=1S/C28H28BrN5O7S2/c1-5-39-26(37)21-15(3)22(27(38)40-6-2)43-25(21)31-23(35)16(4)42-28-33-32-20(14-30-24(36)19-8-7-13-41-19)34(28)18-11-9-17(29)10-12-18/h7-13,16H,5-6,14H2,1-4H3,(H,30,36)(H,31,35)/t16-/m0/s1. The number of halogens is 1. The van der Waals surface area contributed by atoms with E-state index in [1.54, 1.807) is 44.4 Å². The van der Waals surface area contributed by atoms with Gasteiger partial charge < -0.3 is 24.5 Å². The van der Waals surface area contributed by atoms with Gasteiger partial charge in [0.15, 0.2) is 16.7 Å². The molecule has 0 bridgehead atoms. The lowest BCUT2D eigenvalue weighted by Gasteiger charge is -2.14. The van der Waals surface area contributed by atoms with Gasteiger partial charge in [0.1, 0.15) is 9.88 Å². The molecule has 2 amide bonds. The van der Waals surface area contributed by atoms with Gasteiger partial charge in [-0.25, -0.2) is 9.59 Å². The summed E-state index contributed by atoms with van der Waals surface area (Å²) in [6.07, 6.45) is 1.41. The van der Waals surface area contributed by atoms with Crippen LogP contribution in [0.5, 0.6) is 0 Å². The largest absolute Gasteiger partial charge is 0.462 e. The van der Waals surface area contributed by atoms with Gasteiger partial charge in [-0.2, -0.15) is 0 Å². The minimum atomic E-state index is -0.715. The monoisotopic (exact) mass is 689 g/mol. The summed E-state index contributed by atoms with van der Waals surface area (Å²) in [5.41, 5.74) is 1.19. The van der Waals surface area contributed by atoms with Gasteiger partial charge >= 0.3 is 11.9 Å². The minimum absolute atomic E-state index is 0.0394. The Morgan fingerprint density at radius 1 is 1.07 bits per heavy atom. The van der Waals surface area contributed by atoms with Crippen LogP contribution in [-0.4, -0.2) is 57.0 Å². The average molecular weight is 691 g/mol. The lowest BCUT2D eigenvalue weighted by molar-refractivity contribution is -0.115. The number of furan rings is 1. The van der Waals surface area contributed by atoms with Crippen molar-refractivity contribution < 1.29 is 33.1 Å². The molecule has 0 radical (unpaired) electrons. The topological polar surface area (TPSA) is 155 Å². The number of amides is 2. The van der Waals surface area contributed by atoms with Crippen molar-refractivity contribution in [2.24, 2.45) is 0 Å². The average Bonchev–Trinajstić information content (AvgIpc) is 3.72. The summed E-state index contributed by atoms with van der Waals surface area (Å²) >= 11 is 5.51. The van der Waals surface area contributed by atoms with Crippen molar-refractivity contribution in [3.63, 3.8) is 0 Å². The molecule has 2 N–H and O–H groups in total. The van der Waals surface area contributed by atoms with Gasteiger partial charge in [0.05, 0.1) is 36.8 Å². The van der Waals surface area contributed by atoms with Crippen LogP contribution in [0.25, 0.3) is 5.69 Å². The summed E-state index contributed by atoms with van der Waals surface area (Å²) in [5.74, 6) is -1.51. The minimum Gasteiger partial charge on any atom is -0.462 e. The molecule has 3 heterocycles. The number of hydrogen-bond donors (Lipinski definition) is 2. The van der Waals surface area contributed by atoms with Gasteiger partial charge in [0.25, 0.3) is 5.91 Å². The summed E-state index contributed by atoms with van der Waals surface area (Å²) in [6.45, 7) is 6.96. The Kier molecular flexibility index (Phi) is 10.8. The number of ether oxygens (including phenoxy) is 2. The molecule has 0 aliphatic carbocycles. The van der Waals surface area contributed by atoms with Crippen molar-refractivity contribution in [2.75, 3.05) is 18.5 Å². The molecule has 43 heavy (non-hydrogen) atoms. The molecule has 4 aromatic rings. The first-order valence-corrected chi connectivity index (χ1v) is 15.6. The van der Waals surface area contributed by atoms with Crippen molar-refractivity contribution in [3.05, 3.63) is 74.7 Å². The Balaban J connectivity index is 1.58. The van der Waals surface area contributed by atoms with Crippen LogP contribution in [0.1, 0.15) is 62.7 Å². The zero-order valence-electron chi connectivity index (χ0n) is 23.6. The Bertz CT molecular complexity index is 1620. The smallest absolute Gasteiger partial charge is 0.348 e. The van der Waals surface area contributed by atoms with Gasteiger partial charge in [-0.3, -0.25) is 14.2 Å². The molecule has 3 aromatic heterocycles. The second-order valence-electron chi connectivity index (χ2n) is 8.82. The number of nitrogens with zero attached hydrogens (tertiary/aromatic N) is 3. The van der Waals surface area contributed by atoms with E-state index in [4.69, 9.17) is 13.9 Å². The number of benzene rings is 1. The quantitative estimate of drug-likeness (QED) is 0.146. The Morgan fingerprint density at radius 2 is 1.77 bits per heavy atom. The SMILES string of the molecule is CCOC(=O)c1sc(NC(=O)[C@H](C)Sc2nnc(CNC(=O)c3ccco3)n2-c2ccc(Br)cc2)c(C(=O)OCC)c1C. The number of anilines is 1. The van der Waals surface area contributed by atoms with Gasteiger partial charge in [-0.15, -0.1) is 21.5 Å². The van der Waals surface area contributed by atoms with Gasteiger partial charge in [0, 0.05) is 10.2 Å². The molecule has 1 atom stereocenters. The summed E-state index contributed by atoms with van der Waals surface area (Å²) in [6, 6.07) is 10.6. The molecule has 226 valence electrons. The van der Waals surface area contributed by atoms with Gasteiger partial charge in [-0.1, -0.05) is 27.7 Å². The lowest BCUT2D eigenvalue weighted by Crippen LogP contribution is -2.25. The second kappa shape index (κ2) is 14.5. The van der Waals surface area contributed by atoms with E-state index in [-0.39, 0.29) is 41.0 Å². The van der Waals surface area contributed by atoms with Gasteiger partial charge in [0.2, 0.25) is 5.91 Å². The van der Waals surface area contributed by atoms with Crippen molar-refractivity contribution in [1.29, 1.82) is 0 Å². The van der Waals surface area contributed by atoms with Crippen LogP contribution >= 0.6 is 39.0 Å². The number of esters is 2. The summed E-state index contributed by atoms with van der Waals surface area (Å²) < 4.78 is 18.1. The highest BCUT2D eigenvalue weighted by molar-refractivity contribution is 9.10. The van der Waals surface area contributed by atoms with E-state index >= 15 is 0 Å². The zero-order valence-corrected chi connectivity index (χ0v) is 26.9. The van der Waals surface area contributed by atoms with Crippen molar-refractivity contribution in [2.45, 2.75) is 44.6 Å². The molecule has 1 aromatic carbocycles. The Labute approximate surface area is 263 Å². The normalized spacial score (nSPS) is 11.6. The van der Waals surface area contributed by atoms with Crippen molar-refractivity contribution in [3.8, 4) is 5.69 Å². The fraction of sp³-hybridized carbons (Fsp3) is 0.286. The van der Waals surface area contributed by atoms with Crippen LogP contribution in [0.15, 0.2) is 56.7 Å². The third-order valence-electron chi connectivity index (χ3n) is 5.91. The molecule has 0 saturated heterocycles. The van der Waals surface area contributed by atoms with E-state index < -0.39 is 29.0 Å². The first-order chi connectivity index (χ1) is 20.6. The first-order valence-electron chi connectivity index (χ1n) is 13.1. The number of carbonyl (C=O) groups is 4. The van der Waals surface area contributed by atoms with Crippen molar-refractivity contribution in [1.82, 2.24) is 20.1 Å². The molecular weight excluding hydrogens is 662 g/mol. The fourth-order valence-corrected chi connectivity index (χ4v) is 6.10. The Morgan fingerprint density at radius 3 is 2.42 bits per heavy atom. The van der Waals surface area contributed by atoms with E-state index in [0.717, 1.165) is 27.6 Å². The van der Waals surface area contributed by atoms with Crippen LogP contribution in [0.2, 0.25) is 0 Å². The van der Waals surface area contributed by atoms with E-state index in [1.807, 2.05) is 24.3 Å². The number of thiophene rings is 1. The highest BCUT2D eigenvalue weighted by Crippen LogP contribution is 2.35. The third kappa shape index (κ3) is 7.53. The molecule has 12 nitrogen and oxygen atoms in total. The number of hydrogen-bond acceptors (Lipinski definition) is 11. The summed E-state index contributed by atoms with van der Waals surface area (Å²) in [4.78, 5) is 51.3. The van der Waals surface area contributed by atoms with Crippen LogP contribution in [-0.2, 0) is 20.8 Å². The van der Waals surface area contributed by atoms with Crippen LogP contribution in [0.4, 0.5) is 5.00 Å². The number of thioether (sulfide) groups is 1. The predicted molar refractivity (Wildman–Crippen MR) is 164 cm³/mol. The Hall–Kier alpha value is -3.95. The maximum atomic E-state index is 13.4. The first kappa shape index (κ1) is 32.0. The number of nitrogens with one attached hydrogen (secondary N) is 2. The molecule has 0 aliphatic heterocycles. The van der Waals surface area contributed by atoms with Crippen molar-refractivity contribution >= 4 is 67.8 Å². The third-order valence-corrected chi connectivity index (χ3v) is 8.67. The number of aromatic nitrogens is 3. The van der Waals surface area contributed by atoms with Crippen LogP contribution in [0.3, 0.4) is 0 Å². The van der Waals surface area contributed by atoms with Gasteiger partial charge in [-0.05, 0) is 69.7 Å². The van der Waals surface area contributed by atoms with E-state index in [9.17, 15) is 19.2 Å². The molecule has 0 spiro atoms. The van der Waals surface area contributed by atoms with E-state index in [0.29, 0.717) is 22.2 Å². The molecule has 4 rings (SSSR count). The predicted octanol–water partition coefficient (Wildman–Crippen LogP) is 5.40. The summed E-state index contributed by atoms with van der Waals surface area (Å²) in [7, 11) is 0. The molecule has 0 aliphatic rings. The molecule has 0 saturated carbocycles. The molecular formula is C28H28BrN5O7S2. The maximum Gasteiger partial charge on any atom is 0.348 e. The molecule has 0 fully saturated rings. The van der Waals surface area contributed by atoms with E-state index in [1.165, 1.54) is 6.26 Å².